The topological polar surface area (TPSA) is 68.2 Å². The second kappa shape index (κ2) is 8.18. The first-order valence-electron chi connectivity index (χ1n) is 11.6. The summed E-state index contributed by atoms with van der Waals surface area (Å²) < 4.78 is 19.4. The molecule has 0 aliphatic carbocycles. The van der Waals surface area contributed by atoms with Gasteiger partial charge in [0.05, 0.1) is 17.7 Å². The number of amides is 1. The molecular weight excluding hydrogens is 453 g/mol. The molecule has 1 fully saturated rings. The number of hydrogen-bond acceptors (Lipinski definition) is 4. The molecule has 6 nitrogen and oxygen atoms in total. The summed E-state index contributed by atoms with van der Waals surface area (Å²) in [5.74, 6) is 0.606. The lowest BCUT2D eigenvalue weighted by atomic mass is 9.77. The van der Waals surface area contributed by atoms with E-state index in [0.717, 1.165) is 11.1 Å². The van der Waals surface area contributed by atoms with Crippen LogP contribution in [0.1, 0.15) is 59.6 Å². The number of benzene rings is 2. The van der Waals surface area contributed by atoms with Gasteiger partial charge in [0.1, 0.15) is 5.75 Å². The SMILES string of the molecule is CC(C)(C)N(CC1(c2ccccc2)Cc2ccc(Cl)c(B3OC(C)(C)C(C)(C)O3)c2O1)C(=O)O. The van der Waals surface area contributed by atoms with Crippen LogP contribution < -0.4 is 10.2 Å². The molecule has 2 aliphatic heterocycles. The fourth-order valence-electron chi connectivity index (χ4n) is 4.53. The molecule has 0 aromatic heterocycles. The van der Waals surface area contributed by atoms with Gasteiger partial charge >= 0.3 is 13.2 Å². The third-order valence-corrected chi connectivity index (χ3v) is 7.57. The molecule has 2 aliphatic rings. The predicted octanol–water partition coefficient (Wildman–Crippen LogP) is 5.25. The van der Waals surface area contributed by atoms with E-state index in [1.807, 2.05) is 90.9 Å². The predicted molar refractivity (Wildman–Crippen MR) is 134 cm³/mol. The minimum atomic E-state index is -0.994. The first-order chi connectivity index (χ1) is 15.7. The van der Waals surface area contributed by atoms with Crippen LogP contribution in [-0.2, 0) is 21.3 Å². The van der Waals surface area contributed by atoms with Gasteiger partial charge in [-0.25, -0.2) is 4.79 Å². The molecule has 8 heteroatoms. The lowest BCUT2D eigenvalue weighted by Crippen LogP contribution is -2.53. The van der Waals surface area contributed by atoms with Gasteiger partial charge in [0, 0.05) is 22.4 Å². The van der Waals surface area contributed by atoms with Crippen molar-refractivity contribution in [2.45, 2.75) is 77.2 Å². The molecule has 182 valence electrons. The van der Waals surface area contributed by atoms with E-state index in [4.69, 9.17) is 25.6 Å². The average molecular weight is 486 g/mol. The Morgan fingerprint density at radius 3 is 2.18 bits per heavy atom. The molecule has 2 heterocycles. The quantitative estimate of drug-likeness (QED) is 0.599. The fraction of sp³-hybridized carbons (Fsp3) is 0.500. The molecule has 0 spiro atoms. The molecule has 1 atom stereocenters. The summed E-state index contributed by atoms with van der Waals surface area (Å²) in [5, 5.41) is 10.5. The van der Waals surface area contributed by atoms with Crippen molar-refractivity contribution in [2.75, 3.05) is 6.54 Å². The zero-order valence-electron chi connectivity index (χ0n) is 20.9. The first-order valence-corrected chi connectivity index (χ1v) is 12.0. The van der Waals surface area contributed by atoms with Crippen LogP contribution in [0.2, 0.25) is 5.02 Å². The number of halogens is 1. The van der Waals surface area contributed by atoms with Crippen LogP contribution in [0.5, 0.6) is 5.75 Å². The maximum absolute atomic E-state index is 12.3. The molecule has 0 saturated carbocycles. The van der Waals surface area contributed by atoms with Crippen LogP contribution in [0.15, 0.2) is 42.5 Å². The normalized spacial score (nSPS) is 22.9. The maximum Gasteiger partial charge on any atom is 0.500 e. The Kier molecular flexibility index (Phi) is 5.99. The molecule has 1 amide bonds. The summed E-state index contributed by atoms with van der Waals surface area (Å²) in [6, 6.07) is 13.5. The Morgan fingerprint density at radius 1 is 1.06 bits per heavy atom. The van der Waals surface area contributed by atoms with Crippen molar-refractivity contribution in [1.29, 1.82) is 0 Å². The molecule has 2 aromatic carbocycles. The van der Waals surface area contributed by atoms with E-state index in [-0.39, 0.29) is 6.54 Å². The summed E-state index contributed by atoms with van der Waals surface area (Å²) in [6.45, 7) is 13.8. The highest BCUT2D eigenvalue weighted by Gasteiger charge is 2.55. The fourth-order valence-corrected chi connectivity index (χ4v) is 4.77. The zero-order valence-corrected chi connectivity index (χ0v) is 21.7. The van der Waals surface area contributed by atoms with E-state index >= 15 is 0 Å². The third kappa shape index (κ3) is 4.19. The van der Waals surface area contributed by atoms with Crippen molar-refractivity contribution < 1.29 is 23.9 Å². The Hall–Kier alpha value is -2.22. The van der Waals surface area contributed by atoms with E-state index in [2.05, 4.69) is 0 Å². The summed E-state index contributed by atoms with van der Waals surface area (Å²) in [4.78, 5) is 13.7. The molecule has 1 saturated heterocycles. The van der Waals surface area contributed by atoms with Crippen LogP contribution in [0.3, 0.4) is 0 Å². The van der Waals surface area contributed by atoms with Gasteiger partial charge in [-0.15, -0.1) is 0 Å². The Morgan fingerprint density at radius 2 is 1.65 bits per heavy atom. The standard InChI is InChI=1S/C26H33BClNO5/c1-23(2,3)29(22(30)31)16-26(18-11-9-8-10-12-18)15-17-13-14-19(28)20(21(17)32-26)27-33-24(4,5)25(6,7)34-27/h8-14H,15-16H2,1-7H3,(H,30,31). The van der Waals surface area contributed by atoms with Crippen LogP contribution in [-0.4, -0.2) is 46.5 Å². The zero-order chi connectivity index (χ0) is 25.1. The van der Waals surface area contributed by atoms with Gasteiger partial charge in [0.25, 0.3) is 0 Å². The van der Waals surface area contributed by atoms with Gasteiger partial charge in [-0.1, -0.05) is 48.0 Å². The highest BCUT2D eigenvalue weighted by atomic mass is 35.5. The summed E-state index contributed by atoms with van der Waals surface area (Å²) in [6.07, 6.45) is -0.498. The number of nitrogens with zero attached hydrogens (tertiary/aromatic N) is 1. The van der Waals surface area contributed by atoms with E-state index < -0.39 is 35.6 Å². The average Bonchev–Trinajstić information content (AvgIpc) is 3.20. The number of ether oxygens (including phenoxy) is 1. The van der Waals surface area contributed by atoms with Crippen molar-refractivity contribution in [3.63, 3.8) is 0 Å². The molecule has 4 rings (SSSR count). The number of hydrogen-bond donors (Lipinski definition) is 1. The molecular formula is C26H33BClNO5. The van der Waals surface area contributed by atoms with Gasteiger partial charge in [0.2, 0.25) is 0 Å². The maximum atomic E-state index is 12.3. The van der Waals surface area contributed by atoms with Gasteiger partial charge in [-0.05, 0) is 65.7 Å². The largest absolute Gasteiger partial charge is 0.500 e. The van der Waals surface area contributed by atoms with Crippen molar-refractivity contribution >= 4 is 30.3 Å². The van der Waals surface area contributed by atoms with E-state index in [1.54, 1.807) is 0 Å². The summed E-state index contributed by atoms with van der Waals surface area (Å²) >= 11 is 6.70. The first kappa shape index (κ1) is 24.9. The van der Waals surface area contributed by atoms with Gasteiger partial charge in [0.15, 0.2) is 5.60 Å². The second-order valence-corrected chi connectivity index (χ2v) is 11.6. The third-order valence-electron chi connectivity index (χ3n) is 7.24. The Bertz CT molecular complexity index is 1080. The molecule has 2 aromatic rings. The van der Waals surface area contributed by atoms with Gasteiger partial charge in [-0.3, -0.25) is 4.90 Å². The highest BCUT2D eigenvalue weighted by molar-refractivity contribution is 6.66. The Labute approximate surface area is 207 Å². The van der Waals surface area contributed by atoms with Crippen molar-refractivity contribution in [3.8, 4) is 5.75 Å². The van der Waals surface area contributed by atoms with Gasteiger partial charge in [-0.2, -0.15) is 0 Å². The molecule has 1 unspecified atom stereocenters. The van der Waals surface area contributed by atoms with Crippen LogP contribution >= 0.6 is 11.6 Å². The lowest BCUT2D eigenvalue weighted by Gasteiger charge is -2.40. The van der Waals surface area contributed by atoms with Crippen LogP contribution in [0.25, 0.3) is 0 Å². The van der Waals surface area contributed by atoms with Crippen molar-refractivity contribution in [1.82, 2.24) is 4.90 Å². The monoisotopic (exact) mass is 485 g/mol. The van der Waals surface area contributed by atoms with Crippen LogP contribution in [0.4, 0.5) is 4.79 Å². The second-order valence-electron chi connectivity index (χ2n) is 11.2. The highest BCUT2D eigenvalue weighted by Crippen LogP contribution is 2.45. The van der Waals surface area contributed by atoms with Crippen molar-refractivity contribution in [3.05, 3.63) is 58.6 Å². The summed E-state index contributed by atoms with van der Waals surface area (Å²) in [5.41, 5.74) is -0.115. The van der Waals surface area contributed by atoms with Gasteiger partial charge < -0.3 is 19.2 Å². The smallest absolute Gasteiger partial charge is 0.480 e. The lowest BCUT2D eigenvalue weighted by molar-refractivity contribution is 0.00578. The van der Waals surface area contributed by atoms with E-state index in [9.17, 15) is 9.90 Å². The number of carbonyl (C=O) groups is 1. The van der Waals surface area contributed by atoms with E-state index in [0.29, 0.717) is 22.7 Å². The minimum Gasteiger partial charge on any atom is -0.480 e. The summed E-state index contributed by atoms with van der Waals surface area (Å²) in [7, 11) is -0.697. The van der Waals surface area contributed by atoms with Crippen LogP contribution in [0, 0.1) is 0 Å². The number of rotatable bonds is 4. The number of carboxylic acid groups (broad SMARTS) is 1. The molecule has 0 bridgehead atoms. The minimum absolute atomic E-state index is 0.158. The molecule has 0 radical (unpaired) electrons. The molecule has 1 N–H and O–H groups in total. The molecule has 34 heavy (non-hydrogen) atoms. The van der Waals surface area contributed by atoms with Crippen molar-refractivity contribution in [2.24, 2.45) is 0 Å². The Balaban J connectivity index is 1.81. The van der Waals surface area contributed by atoms with E-state index in [1.165, 1.54) is 4.90 Å². The number of fused-ring (bicyclic) bond motifs is 1.